The Morgan fingerprint density at radius 2 is 1.69 bits per heavy atom. The second-order valence-corrected chi connectivity index (χ2v) is 15.5. The molecule has 4 N–H and O–H groups in total. The van der Waals surface area contributed by atoms with Crippen molar-refractivity contribution in [2.75, 3.05) is 46.1 Å². The predicted octanol–water partition coefficient (Wildman–Crippen LogP) is 7.33. The summed E-state index contributed by atoms with van der Waals surface area (Å²) in [5.74, 6) is 0.919. The Hall–Kier alpha value is -2.63. The lowest BCUT2D eigenvalue weighted by atomic mass is 9.65. The van der Waals surface area contributed by atoms with Gasteiger partial charge in [-0.15, -0.1) is 0 Å². The zero-order valence-corrected chi connectivity index (χ0v) is 31.8. The SMILES string of the molecule is CC(CO)(CO)NCc1cc(Cl)c(OC[C@@]2(OCCCN3CCC(O)C3)C=CC=C(c3ccccc3)C2(C)C)cc1OCc1cc(Cl)cc(Cl)c1. The van der Waals surface area contributed by atoms with Gasteiger partial charge >= 0.3 is 0 Å². The lowest BCUT2D eigenvalue weighted by Crippen LogP contribution is -2.52. The minimum Gasteiger partial charge on any atom is -0.488 e. The lowest BCUT2D eigenvalue weighted by molar-refractivity contribution is -0.0926. The number of ether oxygens (including phenoxy) is 3. The number of aliphatic hydroxyl groups excluding tert-OH is 3. The van der Waals surface area contributed by atoms with Gasteiger partial charge in [-0.2, -0.15) is 0 Å². The van der Waals surface area contributed by atoms with Crippen LogP contribution in [0.25, 0.3) is 5.57 Å². The van der Waals surface area contributed by atoms with Gasteiger partial charge in [-0.1, -0.05) is 91.1 Å². The molecule has 3 aromatic carbocycles. The fourth-order valence-corrected chi connectivity index (χ4v) is 7.36. The first kappa shape index (κ1) is 39.6. The number of benzene rings is 3. The molecule has 11 heteroatoms. The van der Waals surface area contributed by atoms with E-state index >= 15 is 0 Å². The Kier molecular flexibility index (Phi) is 13.6. The smallest absolute Gasteiger partial charge is 0.141 e. The molecule has 3 aromatic rings. The van der Waals surface area contributed by atoms with Crippen LogP contribution in [0.3, 0.4) is 0 Å². The number of allylic oxidation sites excluding steroid dienone is 2. The second kappa shape index (κ2) is 17.5. The van der Waals surface area contributed by atoms with Crippen molar-refractivity contribution in [1.29, 1.82) is 0 Å². The highest BCUT2D eigenvalue weighted by Gasteiger charge is 2.49. The Bertz CT molecular complexity index is 1660. The minimum absolute atomic E-state index is 0.164. The van der Waals surface area contributed by atoms with Gasteiger partial charge in [0, 0.05) is 59.9 Å². The molecule has 0 saturated carbocycles. The van der Waals surface area contributed by atoms with Crippen molar-refractivity contribution in [1.82, 2.24) is 10.2 Å². The maximum absolute atomic E-state index is 9.99. The number of hydrogen-bond acceptors (Lipinski definition) is 8. The molecule has 2 aliphatic rings. The van der Waals surface area contributed by atoms with Gasteiger partial charge in [-0.05, 0) is 66.8 Å². The highest BCUT2D eigenvalue weighted by Crippen LogP contribution is 2.49. The first-order valence-electron chi connectivity index (χ1n) is 17.4. The predicted molar refractivity (Wildman–Crippen MR) is 205 cm³/mol. The third-order valence-electron chi connectivity index (χ3n) is 9.95. The Morgan fingerprint density at radius 1 is 0.961 bits per heavy atom. The summed E-state index contributed by atoms with van der Waals surface area (Å²) in [6.45, 7) is 9.06. The van der Waals surface area contributed by atoms with Gasteiger partial charge in [0.2, 0.25) is 0 Å². The van der Waals surface area contributed by atoms with Crippen LogP contribution in [-0.4, -0.2) is 83.5 Å². The summed E-state index contributed by atoms with van der Waals surface area (Å²) in [4.78, 5) is 2.27. The van der Waals surface area contributed by atoms with Crippen LogP contribution in [0.2, 0.25) is 15.1 Å². The fraction of sp³-hybridized carbons (Fsp3) is 0.450. The highest BCUT2D eigenvalue weighted by atomic mass is 35.5. The summed E-state index contributed by atoms with van der Waals surface area (Å²) in [5, 5.41) is 34.3. The topological polar surface area (TPSA) is 104 Å². The second-order valence-electron chi connectivity index (χ2n) is 14.2. The normalized spacial score (nSPS) is 20.4. The van der Waals surface area contributed by atoms with Crippen molar-refractivity contribution in [3.05, 3.63) is 111 Å². The van der Waals surface area contributed by atoms with Gasteiger partial charge in [0.15, 0.2) is 0 Å². The van der Waals surface area contributed by atoms with Gasteiger partial charge in [0.1, 0.15) is 30.3 Å². The van der Waals surface area contributed by atoms with Crippen LogP contribution in [-0.2, 0) is 17.9 Å². The third-order valence-corrected chi connectivity index (χ3v) is 10.7. The van der Waals surface area contributed by atoms with E-state index in [0.717, 1.165) is 42.6 Å². The molecule has 1 heterocycles. The van der Waals surface area contributed by atoms with Crippen LogP contribution in [0, 0.1) is 5.41 Å². The molecule has 276 valence electrons. The van der Waals surface area contributed by atoms with E-state index in [-0.39, 0.29) is 39.1 Å². The summed E-state index contributed by atoms with van der Waals surface area (Å²) < 4.78 is 19.8. The molecular weight excluding hydrogens is 711 g/mol. The van der Waals surface area contributed by atoms with Crippen molar-refractivity contribution >= 4 is 40.4 Å². The Labute approximate surface area is 316 Å². The number of hydrogen-bond donors (Lipinski definition) is 4. The van der Waals surface area contributed by atoms with E-state index in [0.29, 0.717) is 45.3 Å². The molecule has 1 aliphatic carbocycles. The Balaban J connectivity index is 1.42. The molecule has 0 aromatic heterocycles. The standard InChI is InChI=1S/C40H49Cl3N2O6/c1-38(2)34(29-9-5-4-6-10-29)11-7-13-40(38,51-16-8-14-45-15-12-33(48)23-45)27-50-37-21-36(49-24-28-17-31(41)20-32(42)18-28)30(19-35(37)43)22-44-39(3,25-46)26-47/h4-7,9-11,13,17-21,33,44,46-48H,8,12,14-16,22-27H2,1-3H3/t33?,40-/m0/s1. The van der Waals surface area contributed by atoms with Crippen molar-refractivity contribution < 1.29 is 29.5 Å². The molecule has 1 fully saturated rings. The van der Waals surface area contributed by atoms with Crippen LogP contribution in [0.15, 0.2) is 78.9 Å². The van der Waals surface area contributed by atoms with E-state index in [1.54, 1.807) is 37.3 Å². The monoisotopic (exact) mass is 758 g/mol. The van der Waals surface area contributed by atoms with Crippen LogP contribution < -0.4 is 14.8 Å². The molecule has 1 unspecified atom stereocenters. The fourth-order valence-electron chi connectivity index (χ4n) is 6.55. The van der Waals surface area contributed by atoms with E-state index in [1.807, 2.05) is 24.3 Å². The average Bonchev–Trinajstić information content (AvgIpc) is 3.53. The molecule has 0 radical (unpaired) electrons. The third kappa shape index (κ3) is 9.87. The molecule has 51 heavy (non-hydrogen) atoms. The number of rotatable bonds is 17. The number of nitrogens with one attached hydrogen (secondary N) is 1. The van der Waals surface area contributed by atoms with Gasteiger partial charge in [0.25, 0.3) is 0 Å². The van der Waals surface area contributed by atoms with Crippen molar-refractivity contribution in [3.8, 4) is 11.5 Å². The molecule has 8 nitrogen and oxygen atoms in total. The maximum Gasteiger partial charge on any atom is 0.141 e. The first-order chi connectivity index (χ1) is 24.4. The highest BCUT2D eigenvalue weighted by molar-refractivity contribution is 6.34. The van der Waals surface area contributed by atoms with Crippen LogP contribution in [0.1, 0.15) is 50.3 Å². The van der Waals surface area contributed by atoms with Gasteiger partial charge in [0.05, 0.1) is 29.9 Å². The molecule has 2 atom stereocenters. The number of halogens is 3. The van der Waals surface area contributed by atoms with E-state index in [2.05, 4.69) is 48.3 Å². The molecule has 1 saturated heterocycles. The van der Waals surface area contributed by atoms with Crippen LogP contribution in [0.4, 0.5) is 0 Å². The number of likely N-dealkylation sites (tertiary alicyclic amines) is 1. The van der Waals surface area contributed by atoms with E-state index in [4.69, 9.17) is 49.0 Å². The largest absolute Gasteiger partial charge is 0.488 e. The van der Waals surface area contributed by atoms with Gasteiger partial charge < -0.3 is 39.7 Å². The summed E-state index contributed by atoms with van der Waals surface area (Å²) in [7, 11) is 0. The molecule has 5 rings (SSSR count). The molecule has 0 amide bonds. The van der Waals surface area contributed by atoms with E-state index in [9.17, 15) is 15.3 Å². The zero-order chi connectivity index (χ0) is 36.6. The van der Waals surface area contributed by atoms with Crippen molar-refractivity contribution in [2.45, 2.75) is 64.0 Å². The zero-order valence-electron chi connectivity index (χ0n) is 29.5. The van der Waals surface area contributed by atoms with Crippen LogP contribution in [0.5, 0.6) is 11.5 Å². The molecule has 1 aliphatic heterocycles. The van der Waals surface area contributed by atoms with Gasteiger partial charge in [-0.25, -0.2) is 0 Å². The number of aliphatic hydroxyl groups is 3. The minimum atomic E-state index is -0.916. The van der Waals surface area contributed by atoms with Crippen molar-refractivity contribution in [2.24, 2.45) is 5.41 Å². The quantitative estimate of drug-likeness (QED) is 0.106. The molecular formula is C40H49Cl3N2O6. The van der Waals surface area contributed by atoms with Crippen molar-refractivity contribution in [3.63, 3.8) is 0 Å². The number of nitrogens with zero attached hydrogens (tertiary/aromatic N) is 1. The average molecular weight is 760 g/mol. The molecule has 0 spiro atoms. The summed E-state index contributed by atoms with van der Waals surface area (Å²) in [6, 6.07) is 19.1. The lowest BCUT2D eigenvalue weighted by Gasteiger charge is -2.47. The number of β-amino-alcohol motifs (C(OH)–C–C–N with tert-alkyl or cyclic N) is 1. The van der Waals surface area contributed by atoms with Gasteiger partial charge in [-0.3, -0.25) is 0 Å². The van der Waals surface area contributed by atoms with E-state index in [1.165, 1.54) is 0 Å². The molecule has 0 bridgehead atoms. The first-order valence-corrected chi connectivity index (χ1v) is 18.5. The Morgan fingerprint density at radius 3 is 2.35 bits per heavy atom. The van der Waals surface area contributed by atoms with Crippen LogP contribution >= 0.6 is 34.8 Å². The summed E-state index contributed by atoms with van der Waals surface area (Å²) in [5.41, 5.74) is 1.44. The maximum atomic E-state index is 9.99. The summed E-state index contributed by atoms with van der Waals surface area (Å²) in [6.07, 6.45) is 7.59. The van der Waals surface area contributed by atoms with E-state index < -0.39 is 16.6 Å². The summed E-state index contributed by atoms with van der Waals surface area (Å²) >= 11 is 19.4.